The van der Waals surface area contributed by atoms with Crippen LogP contribution < -0.4 is 10.2 Å². The molecule has 126 valence electrons. The van der Waals surface area contributed by atoms with Gasteiger partial charge in [0, 0.05) is 23.3 Å². The zero-order valence-corrected chi connectivity index (χ0v) is 13.9. The van der Waals surface area contributed by atoms with Gasteiger partial charge in [-0.3, -0.25) is 10.1 Å². The number of thioether (sulfide) groups is 1. The van der Waals surface area contributed by atoms with Gasteiger partial charge in [-0.25, -0.2) is 4.68 Å². The zero-order valence-electron chi connectivity index (χ0n) is 13.1. The number of nitro benzene ring substituents is 1. The van der Waals surface area contributed by atoms with Gasteiger partial charge in [-0.1, -0.05) is 30.0 Å². The lowest BCUT2D eigenvalue weighted by atomic mass is 10.2. The maximum atomic E-state index is 10.8. The number of non-ortho nitro benzene ring substituents is 1. The summed E-state index contributed by atoms with van der Waals surface area (Å²) in [5, 5.41) is 19.8. The van der Waals surface area contributed by atoms with Crippen LogP contribution in [-0.4, -0.2) is 26.9 Å². The summed E-state index contributed by atoms with van der Waals surface area (Å²) in [6.07, 6.45) is 0. The van der Waals surface area contributed by atoms with Crippen LogP contribution in [0.25, 0.3) is 11.4 Å². The normalized spacial score (nSPS) is 15.5. The maximum Gasteiger partial charge on any atom is 0.269 e. The predicted molar refractivity (Wildman–Crippen MR) is 93.1 cm³/mol. The van der Waals surface area contributed by atoms with E-state index in [2.05, 4.69) is 15.6 Å². The lowest BCUT2D eigenvalue weighted by Crippen LogP contribution is -2.14. The van der Waals surface area contributed by atoms with Gasteiger partial charge in [-0.15, -0.1) is 10.2 Å². The van der Waals surface area contributed by atoms with Gasteiger partial charge in [0.25, 0.3) is 5.69 Å². The van der Waals surface area contributed by atoms with E-state index < -0.39 is 4.92 Å². The lowest BCUT2D eigenvalue weighted by molar-refractivity contribution is -0.384. The van der Waals surface area contributed by atoms with E-state index in [0.717, 1.165) is 22.0 Å². The molecule has 1 aliphatic rings. The predicted octanol–water partition coefficient (Wildman–Crippen LogP) is 3.21. The average Bonchev–Trinajstić information content (AvgIpc) is 3.22. The second-order valence-electron chi connectivity index (χ2n) is 5.31. The standard InChI is InChI=1S/C16H13N5O3S/c1-24-13-5-3-2-4-12(13)15-19-20-14(17-18-16(20)25-15)10-6-8-11(9-7-10)21(22)23/h2-9,15,19H,1H3. The molecule has 8 nitrogen and oxygen atoms in total. The van der Waals surface area contributed by atoms with Crippen molar-refractivity contribution in [2.45, 2.75) is 10.5 Å². The number of nitrogens with zero attached hydrogens (tertiary/aromatic N) is 4. The number of nitro groups is 1. The molecule has 1 aliphatic heterocycles. The van der Waals surface area contributed by atoms with E-state index in [9.17, 15) is 10.1 Å². The Balaban J connectivity index is 1.64. The Kier molecular flexibility index (Phi) is 3.77. The Bertz CT molecular complexity index is 941. The molecule has 1 unspecified atom stereocenters. The second kappa shape index (κ2) is 6.10. The number of methoxy groups -OCH3 is 1. The zero-order chi connectivity index (χ0) is 17.4. The van der Waals surface area contributed by atoms with Gasteiger partial charge < -0.3 is 10.2 Å². The Morgan fingerprint density at radius 1 is 1.20 bits per heavy atom. The first kappa shape index (κ1) is 15.5. The molecule has 0 fully saturated rings. The van der Waals surface area contributed by atoms with Crippen LogP contribution in [0.15, 0.2) is 53.7 Å². The monoisotopic (exact) mass is 355 g/mol. The molecular weight excluding hydrogens is 342 g/mol. The highest BCUT2D eigenvalue weighted by Crippen LogP contribution is 2.43. The van der Waals surface area contributed by atoms with E-state index in [1.807, 2.05) is 24.3 Å². The molecule has 0 radical (unpaired) electrons. The van der Waals surface area contributed by atoms with Gasteiger partial charge in [-0.05, 0) is 18.2 Å². The van der Waals surface area contributed by atoms with Crippen molar-refractivity contribution < 1.29 is 9.66 Å². The fourth-order valence-electron chi connectivity index (χ4n) is 2.65. The largest absolute Gasteiger partial charge is 0.496 e. The lowest BCUT2D eigenvalue weighted by Gasteiger charge is -2.15. The van der Waals surface area contributed by atoms with Crippen LogP contribution in [0, 0.1) is 10.1 Å². The van der Waals surface area contributed by atoms with Crippen molar-refractivity contribution in [3.63, 3.8) is 0 Å². The molecule has 0 amide bonds. The molecule has 1 aromatic heterocycles. The smallest absolute Gasteiger partial charge is 0.269 e. The Morgan fingerprint density at radius 3 is 2.68 bits per heavy atom. The van der Waals surface area contributed by atoms with E-state index in [1.165, 1.54) is 23.9 Å². The van der Waals surface area contributed by atoms with Crippen LogP contribution in [0.5, 0.6) is 5.75 Å². The molecule has 25 heavy (non-hydrogen) atoms. The van der Waals surface area contributed by atoms with Crippen molar-refractivity contribution in [1.29, 1.82) is 0 Å². The first-order chi connectivity index (χ1) is 12.2. The van der Waals surface area contributed by atoms with Crippen molar-refractivity contribution in [2.75, 3.05) is 12.5 Å². The van der Waals surface area contributed by atoms with Crippen molar-refractivity contribution >= 4 is 17.4 Å². The molecule has 0 spiro atoms. The number of ether oxygens (including phenoxy) is 1. The first-order valence-electron chi connectivity index (χ1n) is 7.44. The molecule has 9 heteroatoms. The molecule has 0 bridgehead atoms. The molecule has 0 saturated heterocycles. The quantitative estimate of drug-likeness (QED) is 0.567. The summed E-state index contributed by atoms with van der Waals surface area (Å²) in [6, 6.07) is 14.0. The van der Waals surface area contributed by atoms with Crippen molar-refractivity contribution in [3.8, 4) is 17.1 Å². The molecule has 0 saturated carbocycles. The van der Waals surface area contributed by atoms with Gasteiger partial charge in [0.1, 0.15) is 11.1 Å². The molecule has 1 atom stereocenters. The van der Waals surface area contributed by atoms with Gasteiger partial charge in [-0.2, -0.15) is 0 Å². The average molecular weight is 355 g/mol. The van der Waals surface area contributed by atoms with E-state index in [0.29, 0.717) is 5.82 Å². The molecule has 0 aliphatic carbocycles. The minimum atomic E-state index is -0.427. The van der Waals surface area contributed by atoms with E-state index in [1.54, 1.807) is 23.9 Å². The molecule has 3 aromatic rings. The fraction of sp³-hybridized carbons (Fsp3) is 0.125. The maximum absolute atomic E-state index is 10.8. The van der Waals surface area contributed by atoms with Crippen molar-refractivity contribution in [3.05, 3.63) is 64.2 Å². The number of hydrogen-bond donors (Lipinski definition) is 1. The van der Waals surface area contributed by atoms with Gasteiger partial charge >= 0.3 is 0 Å². The van der Waals surface area contributed by atoms with E-state index >= 15 is 0 Å². The number of rotatable bonds is 4. The number of aromatic nitrogens is 3. The molecule has 2 aromatic carbocycles. The highest BCUT2D eigenvalue weighted by Gasteiger charge is 2.29. The minimum absolute atomic E-state index is 0.0409. The SMILES string of the molecule is COc1ccccc1C1Nn2c(nnc2-c2ccc([N+](=O)[O-])cc2)S1. The summed E-state index contributed by atoms with van der Waals surface area (Å²) in [7, 11) is 1.64. The number of hydrogen-bond acceptors (Lipinski definition) is 7. The summed E-state index contributed by atoms with van der Waals surface area (Å²) < 4.78 is 7.22. The van der Waals surface area contributed by atoms with Crippen molar-refractivity contribution in [1.82, 2.24) is 14.9 Å². The van der Waals surface area contributed by atoms with Crippen LogP contribution in [0.4, 0.5) is 5.69 Å². The highest BCUT2D eigenvalue weighted by molar-refractivity contribution is 7.99. The minimum Gasteiger partial charge on any atom is -0.496 e. The molecule has 1 N–H and O–H groups in total. The van der Waals surface area contributed by atoms with Gasteiger partial charge in [0.05, 0.1) is 12.0 Å². The summed E-state index contributed by atoms with van der Waals surface area (Å²) in [6.45, 7) is 0. The fourth-order valence-corrected chi connectivity index (χ4v) is 3.67. The van der Waals surface area contributed by atoms with Gasteiger partial charge in [0.15, 0.2) is 5.82 Å². The Morgan fingerprint density at radius 2 is 1.96 bits per heavy atom. The van der Waals surface area contributed by atoms with Gasteiger partial charge in [0.2, 0.25) is 5.16 Å². The van der Waals surface area contributed by atoms with Crippen LogP contribution in [0.3, 0.4) is 0 Å². The summed E-state index contributed by atoms with van der Waals surface area (Å²) >= 11 is 1.53. The third-order valence-electron chi connectivity index (χ3n) is 3.86. The van der Waals surface area contributed by atoms with Crippen LogP contribution in [0.1, 0.15) is 10.9 Å². The first-order valence-corrected chi connectivity index (χ1v) is 8.31. The molecule has 2 heterocycles. The highest BCUT2D eigenvalue weighted by atomic mass is 32.2. The number of nitrogens with one attached hydrogen (secondary N) is 1. The number of benzene rings is 2. The molecule has 4 rings (SSSR count). The van der Waals surface area contributed by atoms with Crippen LogP contribution >= 0.6 is 11.8 Å². The van der Waals surface area contributed by atoms with Crippen molar-refractivity contribution in [2.24, 2.45) is 0 Å². The summed E-state index contributed by atoms with van der Waals surface area (Å²) in [5.41, 5.74) is 5.15. The topological polar surface area (TPSA) is 95.1 Å². The van der Waals surface area contributed by atoms with Crippen LogP contribution in [-0.2, 0) is 0 Å². The number of para-hydroxylation sites is 1. The van der Waals surface area contributed by atoms with Crippen LogP contribution in [0.2, 0.25) is 0 Å². The number of fused-ring (bicyclic) bond motifs is 1. The Labute approximate surface area is 147 Å². The van der Waals surface area contributed by atoms with E-state index in [-0.39, 0.29) is 11.1 Å². The second-order valence-corrected chi connectivity index (χ2v) is 6.39. The summed E-state index contributed by atoms with van der Waals surface area (Å²) in [4.78, 5) is 10.4. The molecular formula is C16H13N5O3S. The third-order valence-corrected chi connectivity index (χ3v) is 4.93. The third kappa shape index (κ3) is 2.68. The Hall–Kier alpha value is -3.07. The van der Waals surface area contributed by atoms with E-state index in [4.69, 9.17) is 4.74 Å². The summed E-state index contributed by atoms with van der Waals surface area (Å²) in [5.74, 6) is 1.40.